The number of esters is 1. The third-order valence-electron chi connectivity index (χ3n) is 3.84. The topological polar surface area (TPSA) is 81.4 Å². The van der Waals surface area contributed by atoms with Crippen LogP contribution in [0.1, 0.15) is 49.1 Å². The van der Waals surface area contributed by atoms with Crippen molar-refractivity contribution in [1.82, 2.24) is 10.5 Å². The predicted molar refractivity (Wildman–Crippen MR) is 75.7 cm³/mol. The van der Waals surface area contributed by atoms with E-state index in [2.05, 4.69) is 10.5 Å². The van der Waals surface area contributed by atoms with Gasteiger partial charge in [-0.3, -0.25) is 9.59 Å². The van der Waals surface area contributed by atoms with Crippen LogP contribution in [0.3, 0.4) is 0 Å². The summed E-state index contributed by atoms with van der Waals surface area (Å²) in [5.74, 6) is 0.128. The first-order valence-corrected chi connectivity index (χ1v) is 7.43. The Bertz CT molecular complexity index is 484. The molecule has 1 N–H and O–H groups in total. The fourth-order valence-electron chi connectivity index (χ4n) is 2.64. The summed E-state index contributed by atoms with van der Waals surface area (Å²) in [6.45, 7) is 3.46. The molecule has 1 aliphatic carbocycles. The van der Waals surface area contributed by atoms with Crippen LogP contribution in [0.5, 0.6) is 0 Å². The van der Waals surface area contributed by atoms with E-state index >= 15 is 0 Å². The van der Waals surface area contributed by atoms with Crippen molar-refractivity contribution >= 4 is 11.9 Å². The number of ether oxygens (including phenoxy) is 1. The van der Waals surface area contributed by atoms with Gasteiger partial charge in [0.05, 0.1) is 5.69 Å². The van der Waals surface area contributed by atoms with E-state index in [1.54, 1.807) is 0 Å². The highest BCUT2D eigenvalue weighted by Crippen LogP contribution is 2.17. The Balaban J connectivity index is 1.66. The number of nitrogens with zero attached hydrogens (tertiary/aromatic N) is 1. The molecule has 2 rings (SSSR count). The van der Waals surface area contributed by atoms with Crippen molar-refractivity contribution < 1.29 is 18.8 Å². The van der Waals surface area contributed by atoms with Crippen molar-refractivity contribution in [1.29, 1.82) is 0 Å². The minimum atomic E-state index is -0.378. The van der Waals surface area contributed by atoms with E-state index in [4.69, 9.17) is 9.26 Å². The Labute approximate surface area is 124 Å². The van der Waals surface area contributed by atoms with Crippen LogP contribution in [0.2, 0.25) is 0 Å². The first-order chi connectivity index (χ1) is 10.1. The Hall–Kier alpha value is -1.85. The summed E-state index contributed by atoms with van der Waals surface area (Å²) >= 11 is 0. The van der Waals surface area contributed by atoms with Crippen LogP contribution in [0, 0.1) is 13.8 Å². The molecule has 0 aromatic carbocycles. The van der Waals surface area contributed by atoms with E-state index < -0.39 is 0 Å². The van der Waals surface area contributed by atoms with E-state index in [1.165, 1.54) is 0 Å². The zero-order valence-corrected chi connectivity index (χ0v) is 12.6. The Morgan fingerprint density at radius 1 is 1.33 bits per heavy atom. The first kappa shape index (κ1) is 15.5. The van der Waals surface area contributed by atoms with Gasteiger partial charge < -0.3 is 14.6 Å². The number of aromatic nitrogens is 1. The maximum absolute atomic E-state index is 11.6. The van der Waals surface area contributed by atoms with Gasteiger partial charge in [0.2, 0.25) is 0 Å². The second-order valence-electron chi connectivity index (χ2n) is 5.51. The minimum Gasteiger partial charge on any atom is -0.456 e. The van der Waals surface area contributed by atoms with Gasteiger partial charge in [-0.1, -0.05) is 18.0 Å². The normalized spacial score (nSPS) is 15.1. The highest BCUT2D eigenvalue weighted by molar-refractivity contribution is 5.80. The summed E-state index contributed by atoms with van der Waals surface area (Å²) < 4.78 is 10.0. The van der Waals surface area contributed by atoms with Crippen molar-refractivity contribution in [3.8, 4) is 0 Å². The molecule has 1 saturated carbocycles. The van der Waals surface area contributed by atoms with E-state index in [9.17, 15) is 9.59 Å². The molecule has 0 spiro atoms. The van der Waals surface area contributed by atoms with Gasteiger partial charge in [-0.25, -0.2) is 0 Å². The number of hydrogen-bond acceptors (Lipinski definition) is 5. The first-order valence-electron chi connectivity index (χ1n) is 7.43. The van der Waals surface area contributed by atoms with Crippen molar-refractivity contribution in [2.75, 3.05) is 6.61 Å². The SMILES string of the molecule is Cc1noc(C)c1CCC(=O)OCC(=O)NC1CCCC1. The molecule has 1 amide bonds. The molecule has 1 aliphatic rings. The lowest BCUT2D eigenvalue weighted by molar-refractivity contribution is -0.148. The summed E-state index contributed by atoms with van der Waals surface area (Å²) in [5.41, 5.74) is 1.72. The summed E-state index contributed by atoms with van der Waals surface area (Å²) in [5, 5.41) is 6.72. The largest absolute Gasteiger partial charge is 0.456 e. The molecule has 1 aromatic rings. The smallest absolute Gasteiger partial charge is 0.306 e. The third kappa shape index (κ3) is 4.58. The fourth-order valence-corrected chi connectivity index (χ4v) is 2.64. The summed E-state index contributed by atoms with van der Waals surface area (Å²) in [6.07, 6.45) is 5.09. The van der Waals surface area contributed by atoms with Gasteiger partial charge in [0.1, 0.15) is 5.76 Å². The summed E-state index contributed by atoms with van der Waals surface area (Å²) in [4.78, 5) is 23.3. The lowest BCUT2D eigenvalue weighted by Gasteiger charge is -2.11. The molecule has 1 heterocycles. The highest BCUT2D eigenvalue weighted by atomic mass is 16.5. The van der Waals surface area contributed by atoms with Crippen LogP contribution in [0.15, 0.2) is 4.52 Å². The molecule has 0 unspecified atom stereocenters. The third-order valence-corrected chi connectivity index (χ3v) is 3.84. The standard InChI is InChI=1S/C15H22N2O4/c1-10-13(11(2)21-17-10)7-8-15(19)20-9-14(18)16-12-5-3-4-6-12/h12H,3-9H2,1-2H3,(H,16,18). The summed E-state index contributed by atoms with van der Waals surface area (Å²) in [7, 11) is 0. The van der Waals surface area contributed by atoms with Gasteiger partial charge in [-0.15, -0.1) is 0 Å². The van der Waals surface area contributed by atoms with Crippen LogP contribution in [0.4, 0.5) is 0 Å². The Kier molecular flexibility index (Phi) is 5.36. The van der Waals surface area contributed by atoms with Crippen molar-refractivity contribution in [2.24, 2.45) is 0 Å². The highest BCUT2D eigenvalue weighted by Gasteiger charge is 2.18. The van der Waals surface area contributed by atoms with E-state index in [0.29, 0.717) is 6.42 Å². The second-order valence-corrected chi connectivity index (χ2v) is 5.51. The van der Waals surface area contributed by atoms with Crippen LogP contribution in [-0.2, 0) is 20.7 Å². The molecule has 116 valence electrons. The van der Waals surface area contributed by atoms with Gasteiger partial charge in [0.25, 0.3) is 5.91 Å². The number of carbonyl (C=O) groups is 2. The van der Waals surface area contributed by atoms with Crippen molar-refractivity contribution in [3.05, 3.63) is 17.0 Å². The van der Waals surface area contributed by atoms with Crippen LogP contribution < -0.4 is 5.32 Å². The molecular formula is C15H22N2O4. The maximum Gasteiger partial charge on any atom is 0.306 e. The van der Waals surface area contributed by atoms with E-state index in [0.717, 1.165) is 42.7 Å². The zero-order valence-electron chi connectivity index (χ0n) is 12.6. The van der Waals surface area contributed by atoms with Crippen molar-refractivity contribution in [2.45, 2.75) is 58.4 Å². The zero-order chi connectivity index (χ0) is 15.2. The number of aryl methyl sites for hydroxylation is 2. The molecule has 1 aromatic heterocycles. The van der Waals surface area contributed by atoms with Gasteiger partial charge in [-0.05, 0) is 33.1 Å². The molecule has 0 aliphatic heterocycles. The quantitative estimate of drug-likeness (QED) is 0.809. The molecular weight excluding hydrogens is 272 g/mol. The molecule has 1 fully saturated rings. The van der Waals surface area contributed by atoms with E-state index in [1.807, 2.05) is 13.8 Å². The monoisotopic (exact) mass is 294 g/mol. The van der Waals surface area contributed by atoms with Crippen molar-refractivity contribution in [3.63, 3.8) is 0 Å². The predicted octanol–water partition coefficient (Wildman–Crippen LogP) is 1.83. The lowest BCUT2D eigenvalue weighted by Crippen LogP contribution is -2.35. The number of rotatable bonds is 6. The van der Waals surface area contributed by atoms with Gasteiger partial charge in [-0.2, -0.15) is 0 Å². The maximum atomic E-state index is 11.6. The van der Waals surface area contributed by atoms with Gasteiger partial charge >= 0.3 is 5.97 Å². The Morgan fingerprint density at radius 2 is 2.05 bits per heavy atom. The average Bonchev–Trinajstić information content (AvgIpc) is 3.06. The number of carbonyl (C=O) groups excluding carboxylic acids is 2. The van der Waals surface area contributed by atoms with Crippen LogP contribution in [0.25, 0.3) is 0 Å². The molecule has 0 radical (unpaired) electrons. The lowest BCUT2D eigenvalue weighted by atomic mass is 10.1. The van der Waals surface area contributed by atoms with Crippen LogP contribution >= 0.6 is 0 Å². The van der Waals surface area contributed by atoms with Gasteiger partial charge in [0.15, 0.2) is 6.61 Å². The number of nitrogens with one attached hydrogen (secondary N) is 1. The molecule has 0 atom stereocenters. The molecule has 0 saturated heterocycles. The molecule has 21 heavy (non-hydrogen) atoms. The van der Waals surface area contributed by atoms with Gasteiger partial charge in [0, 0.05) is 18.0 Å². The minimum absolute atomic E-state index is 0.197. The number of hydrogen-bond donors (Lipinski definition) is 1. The second kappa shape index (κ2) is 7.24. The molecule has 6 heteroatoms. The van der Waals surface area contributed by atoms with Crippen LogP contribution in [-0.4, -0.2) is 29.7 Å². The Morgan fingerprint density at radius 3 is 2.67 bits per heavy atom. The van der Waals surface area contributed by atoms with E-state index in [-0.39, 0.29) is 30.9 Å². The number of amides is 1. The summed E-state index contributed by atoms with van der Waals surface area (Å²) in [6, 6.07) is 0.249. The molecule has 0 bridgehead atoms. The fraction of sp³-hybridized carbons (Fsp3) is 0.667. The molecule has 6 nitrogen and oxygen atoms in total. The average molecular weight is 294 g/mol.